The molecule has 7 heteroatoms. The summed E-state index contributed by atoms with van der Waals surface area (Å²) in [5, 5.41) is 0. The third kappa shape index (κ3) is 3.29. The average molecular weight is 424 g/mol. The van der Waals surface area contributed by atoms with Crippen LogP contribution in [0.4, 0.5) is 0 Å². The van der Waals surface area contributed by atoms with Crippen LogP contribution in [-0.2, 0) is 19.2 Å². The zero-order valence-corrected chi connectivity index (χ0v) is 19.3. The lowest BCUT2D eigenvalue weighted by molar-refractivity contribution is -0.0955. The molecular weight excluding hydrogens is 390 g/mol. The first-order valence-electron chi connectivity index (χ1n) is 10.6. The molecule has 3 fully saturated rings. The number of piperidine rings is 1. The molecular formula is C21H33NO4SSi. The van der Waals surface area contributed by atoms with E-state index in [1.807, 2.05) is 19.1 Å². The lowest BCUT2D eigenvalue weighted by Gasteiger charge is -2.50. The standard InChI is InChI=1S/C21H33NO4SSi/c1-17-10-12-18(13-11-17)27(23,24)22-16-8-9-19-21(22,25-19)20(26-28(2,3)4)14-6-5-7-15-20/h10-13,19H,5-9,14-16H2,1-4H3/t19-,21+/m1/s1. The summed E-state index contributed by atoms with van der Waals surface area (Å²) in [5.41, 5.74) is -0.285. The van der Waals surface area contributed by atoms with Gasteiger partial charge < -0.3 is 9.16 Å². The molecule has 0 unspecified atom stereocenters. The van der Waals surface area contributed by atoms with Crippen molar-refractivity contribution in [2.75, 3.05) is 6.54 Å². The highest BCUT2D eigenvalue weighted by atomic mass is 32.2. The summed E-state index contributed by atoms with van der Waals surface area (Å²) in [7, 11) is -5.54. The minimum Gasteiger partial charge on any atom is -0.408 e. The van der Waals surface area contributed by atoms with Crippen LogP contribution in [0.1, 0.15) is 50.5 Å². The van der Waals surface area contributed by atoms with Crippen molar-refractivity contribution in [3.63, 3.8) is 0 Å². The van der Waals surface area contributed by atoms with Gasteiger partial charge in [-0.3, -0.25) is 0 Å². The van der Waals surface area contributed by atoms with Crippen LogP contribution in [0.2, 0.25) is 19.6 Å². The Morgan fingerprint density at radius 2 is 1.71 bits per heavy atom. The van der Waals surface area contributed by atoms with Gasteiger partial charge in [-0.15, -0.1) is 0 Å². The van der Waals surface area contributed by atoms with E-state index in [-0.39, 0.29) is 6.10 Å². The predicted molar refractivity (Wildman–Crippen MR) is 112 cm³/mol. The fourth-order valence-corrected chi connectivity index (χ4v) is 8.56. The van der Waals surface area contributed by atoms with Crippen molar-refractivity contribution in [1.29, 1.82) is 0 Å². The molecule has 2 saturated heterocycles. The van der Waals surface area contributed by atoms with Gasteiger partial charge >= 0.3 is 0 Å². The molecule has 156 valence electrons. The Hall–Kier alpha value is -0.733. The number of ether oxygens (including phenoxy) is 1. The lowest BCUT2D eigenvalue weighted by Crippen LogP contribution is -2.65. The van der Waals surface area contributed by atoms with Gasteiger partial charge in [0, 0.05) is 6.54 Å². The predicted octanol–water partition coefficient (Wildman–Crippen LogP) is 4.43. The Kier molecular flexibility index (Phi) is 5.07. The molecule has 28 heavy (non-hydrogen) atoms. The zero-order valence-electron chi connectivity index (χ0n) is 17.5. The molecule has 0 spiro atoms. The van der Waals surface area contributed by atoms with Crippen molar-refractivity contribution in [3.05, 3.63) is 29.8 Å². The molecule has 2 heterocycles. The Labute approximate surface area is 170 Å². The van der Waals surface area contributed by atoms with Gasteiger partial charge in [0.2, 0.25) is 10.0 Å². The molecule has 2 atom stereocenters. The van der Waals surface area contributed by atoms with Crippen LogP contribution < -0.4 is 0 Å². The number of nitrogens with zero attached hydrogens (tertiary/aromatic N) is 1. The van der Waals surface area contributed by atoms with Crippen molar-refractivity contribution >= 4 is 18.3 Å². The van der Waals surface area contributed by atoms with Crippen molar-refractivity contribution in [2.45, 2.75) is 93.8 Å². The number of benzene rings is 1. The fraction of sp³-hybridized carbons (Fsp3) is 0.714. The van der Waals surface area contributed by atoms with Gasteiger partial charge in [0.25, 0.3) is 0 Å². The van der Waals surface area contributed by atoms with Gasteiger partial charge in [0.15, 0.2) is 14.0 Å². The minimum atomic E-state index is -3.64. The molecule has 3 aliphatic rings. The first-order chi connectivity index (χ1) is 13.1. The molecule has 0 amide bonds. The molecule has 4 rings (SSSR count). The molecule has 1 saturated carbocycles. The third-order valence-electron chi connectivity index (χ3n) is 6.32. The van der Waals surface area contributed by atoms with E-state index in [2.05, 4.69) is 19.6 Å². The maximum absolute atomic E-state index is 13.7. The lowest BCUT2D eigenvalue weighted by atomic mass is 9.76. The number of hydrogen-bond acceptors (Lipinski definition) is 4. The van der Waals surface area contributed by atoms with Crippen molar-refractivity contribution in [2.24, 2.45) is 0 Å². The normalized spacial score (nSPS) is 30.6. The van der Waals surface area contributed by atoms with Crippen LogP contribution in [0, 0.1) is 6.92 Å². The summed E-state index contributed by atoms with van der Waals surface area (Å²) in [6.07, 6.45) is 6.79. The quantitative estimate of drug-likeness (QED) is 0.519. The van der Waals surface area contributed by atoms with Crippen molar-refractivity contribution in [1.82, 2.24) is 4.31 Å². The SMILES string of the molecule is Cc1ccc(S(=O)(=O)N2CCC[C@H]3O[C@]32C2(O[Si](C)(C)C)CCCCC2)cc1. The smallest absolute Gasteiger partial charge is 0.245 e. The number of aryl methyl sites for hydroxylation is 1. The van der Waals surface area contributed by atoms with E-state index in [4.69, 9.17) is 9.16 Å². The molecule has 0 bridgehead atoms. The van der Waals surface area contributed by atoms with Crippen LogP contribution >= 0.6 is 0 Å². The Balaban J connectivity index is 1.78. The molecule has 0 N–H and O–H groups in total. The van der Waals surface area contributed by atoms with E-state index in [1.165, 1.54) is 6.42 Å². The summed E-state index contributed by atoms with van der Waals surface area (Å²) >= 11 is 0. The second-order valence-electron chi connectivity index (χ2n) is 9.60. The van der Waals surface area contributed by atoms with Gasteiger partial charge in [-0.2, -0.15) is 4.31 Å². The van der Waals surface area contributed by atoms with E-state index >= 15 is 0 Å². The van der Waals surface area contributed by atoms with Crippen LogP contribution in [0.15, 0.2) is 29.2 Å². The first kappa shape index (κ1) is 20.5. The van der Waals surface area contributed by atoms with Crippen LogP contribution in [0.3, 0.4) is 0 Å². The second kappa shape index (κ2) is 6.91. The highest BCUT2D eigenvalue weighted by Crippen LogP contribution is 2.60. The Morgan fingerprint density at radius 1 is 1.07 bits per heavy atom. The van der Waals surface area contributed by atoms with E-state index < -0.39 is 29.7 Å². The van der Waals surface area contributed by atoms with Gasteiger partial charge in [0.05, 0.1) is 4.90 Å². The van der Waals surface area contributed by atoms with E-state index in [1.54, 1.807) is 16.4 Å². The molecule has 0 aromatic heterocycles. The second-order valence-corrected chi connectivity index (χ2v) is 15.9. The highest BCUT2D eigenvalue weighted by molar-refractivity contribution is 7.89. The maximum Gasteiger partial charge on any atom is 0.245 e. The Bertz CT molecular complexity index is 827. The van der Waals surface area contributed by atoms with E-state index in [0.717, 1.165) is 44.1 Å². The first-order valence-corrected chi connectivity index (χ1v) is 15.4. The largest absolute Gasteiger partial charge is 0.408 e. The van der Waals surface area contributed by atoms with Crippen LogP contribution in [0.5, 0.6) is 0 Å². The third-order valence-corrected chi connectivity index (χ3v) is 9.23. The minimum absolute atomic E-state index is 0.0454. The van der Waals surface area contributed by atoms with E-state index in [9.17, 15) is 8.42 Å². The number of epoxide rings is 1. The molecule has 0 radical (unpaired) electrons. The summed E-state index contributed by atoms with van der Waals surface area (Å²) in [6.45, 7) is 9.05. The molecule has 1 aromatic rings. The summed E-state index contributed by atoms with van der Waals surface area (Å²) < 4.78 is 42.2. The van der Waals surface area contributed by atoms with Gasteiger partial charge in [-0.1, -0.05) is 37.0 Å². The number of sulfonamides is 1. The number of hydrogen-bond donors (Lipinski definition) is 0. The average Bonchev–Trinajstić information content (AvgIpc) is 3.38. The monoisotopic (exact) mass is 423 g/mol. The van der Waals surface area contributed by atoms with Gasteiger partial charge in [-0.05, 0) is 64.4 Å². The summed E-state index contributed by atoms with van der Waals surface area (Å²) in [4.78, 5) is 0.354. The topological polar surface area (TPSA) is 59.1 Å². The summed E-state index contributed by atoms with van der Waals surface area (Å²) in [5.74, 6) is 0. The number of fused-ring (bicyclic) bond motifs is 1. The zero-order chi connectivity index (χ0) is 20.2. The molecule has 2 aliphatic heterocycles. The molecule has 5 nitrogen and oxygen atoms in total. The van der Waals surface area contributed by atoms with Crippen molar-refractivity contribution < 1.29 is 17.6 Å². The van der Waals surface area contributed by atoms with Crippen LogP contribution in [0.25, 0.3) is 0 Å². The molecule has 1 aromatic carbocycles. The fourth-order valence-electron chi connectivity index (χ4n) is 5.25. The number of rotatable bonds is 5. The van der Waals surface area contributed by atoms with Gasteiger partial charge in [-0.25, -0.2) is 8.42 Å². The maximum atomic E-state index is 13.7. The van der Waals surface area contributed by atoms with E-state index in [0.29, 0.717) is 11.4 Å². The van der Waals surface area contributed by atoms with Crippen molar-refractivity contribution in [3.8, 4) is 0 Å². The highest BCUT2D eigenvalue weighted by Gasteiger charge is 2.76. The summed E-state index contributed by atoms with van der Waals surface area (Å²) in [6, 6.07) is 7.17. The van der Waals surface area contributed by atoms with Gasteiger partial charge in [0.1, 0.15) is 11.7 Å². The Morgan fingerprint density at radius 3 is 2.32 bits per heavy atom. The molecule has 1 aliphatic carbocycles. The van der Waals surface area contributed by atoms with Crippen LogP contribution in [-0.4, -0.2) is 45.0 Å².